The summed E-state index contributed by atoms with van der Waals surface area (Å²) < 4.78 is 0. The Labute approximate surface area is 115 Å². The maximum atomic E-state index is 11.6. The first-order valence-electron chi connectivity index (χ1n) is 7.06. The zero-order valence-electron chi connectivity index (χ0n) is 12.1. The molecule has 3 nitrogen and oxygen atoms in total. The molecule has 0 aromatic heterocycles. The van der Waals surface area contributed by atoms with Crippen LogP contribution in [0.25, 0.3) is 0 Å². The minimum Gasteiger partial charge on any atom is -0.481 e. The van der Waals surface area contributed by atoms with Crippen LogP contribution in [-0.2, 0) is 4.79 Å². The van der Waals surface area contributed by atoms with Crippen molar-refractivity contribution in [1.29, 1.82) is 0 Å². The summed E-state index contributed by atoms with van der Waals surface area (Å²) in [7, 11) is 0. The van der Waals surface area contributed by atoms with Gasteiger partial charge in [-0.3, -0.25) is 4.79 Å². The SMILES string of the molecule is CCCCCC(C)C(C(=O)O)c1cc(C)ccc1N. The Kier molecular flexibility index (Phi) is 5.87. The molecular weight excluding hydrogens is 238 g/mol. The summed E-state index contributed by atoms with van der Waals surface area (Å²) in [5, 5.41) is 9.51. The van der Waals surface area contributed by atoms with E-state index < -0.39 is 11.9 Å². The maximum Gasteiger partial charge on any atom is 0.311 e. The predicted octanol–water partition coefficient (Wildman–Crippen LogP) is 3.96. The summed E-state index contributed by atoms with van der Waals surface area (Å²) in [6, 6.07) is 5.63. The number of nitrogen functional groups attached to an aromatic ring is 1. The summed E-state index contributed by atoms with van der Waals surface area (Å²) in [5.41, 5.74) is 8.35. The van der Waals surface area contributed by atoms with Crippen molar-refractivity contribution in [2.24, 2.45) is 5.92 Å². The third-order valence-electron chi connectivity index (χ3n) is 3.68. The van der Waals surface area contributed by atoms with Crippen molar-refractivity contribution in [3.8, 4) is 0 Å². The van der Waals surface area contributed by atoms with Gasteiger partial charge >= 0.3 is 5.97 Å². The van der Waals surface area contributed by atoms with Crippen molar-refractivity contribution in [3.63, 3.8) is 0 Å². The van der Waals surface area contributed by atoms with Crippen LogP contribution < -0.4 is 5.73 Å². The van der Waals surface area contributed by atoms with Gasteiger partial charge in [0.2, 0.25) is 0 Å². The number of nitrogens with two attached hydrogens (primary N) is 1. The summed E-state index contributed by atoms with van der Waals surface area (Å²) >= 11 is 0. The fourth-order valence-electron chi connectivity index (χ4n) is 2.53. The molecule has 3 heteroatoms. The number of hydrogen-bond donors (Lipinski definition) is 2. The third kappa shape index (κ3) is 4.27. The lowest BCUT2D eigenvalue weighted by Gasteiger charge is -2.22. The summed E-state index contributed by atoms with van der Waals surface area (Å²) in [4.78, 5) is 11.6. The molecule has 0 aliphatic carbocycles. The van der Waals surface area contributed by atoms with Crippen molar-refractivity contribution < 1.29 is 9.90 Å². The number of aryl methyl sites for hydroxylation is 1. The first-order valence-corrected chi connectivity index (χ1v) is 7.06. The number of rotatable bonds is 7. The first-order chi connectivity index (χ1) is 8.97. The molecule has 19 heavy (non-hydrogen) atoms. The van der Waals surface area contributed by atoms with E-state index in [0.29, 0.717) is 5.69 Å². The second-order valence-corrected chi connectivity index (χ2v) is 5.42. The molecule has 0 fully saturated rings. The highest BCUT2D eigenvalue weighted by molar-refractivity contribution is 5.79. The quantitative estimate of drug-likeness (QED) is 0.578. The molecule has 0 spiro atoms. The molecule has 1 aromatic rings. The molecule has 0 bridgehead atoms. The molecule has 0 saturated carbocycles. The highest BCUT2D eigenvalue weighted by Crippen LogP contribution is 2.33. The fraction of sp³-hybridized carbons (Fsp3) is 0.562. The van der Waals surface area contributed by atoms with Gasteiger partial charge in [-0.1, -0.05) is 50.8 Å². The number of unbranched alkanes of at least 4 members (excludes halogenated alkanes) is 2. The smallest absolute Gasteiger partial charge is 0.311 e. The normalized spacial score (nSPS) is 14.1. The Balaban J connectivity index is 2.93. The number of carbonyl (C=O) groups is 1. The number of hydrogen-bond acceptors (Lipinski definition) is 2. The number of carboxylic acid groups (broad SMARTS) is 1. The molecule has 2 unspecified atom stereocenters. The lowest BCUT2D eigenvalue weighted by atomic mass is 9.83. The van der Waals surface area contributed by atoms with E-state index in [1.807, 2.05) is 26.0 Å². The van der Waals surface area contributed by atoms with Gasteiger partial charge in [0.15, 0.2) is 0 Å². The molecule has 2 atom stereocenters. The second kappa shape index (κ2) is 7.17. The summed E-state index contributed by atoms with van der Waals surface area (Å²) in [6.07, 6.45) is 4.31. The number of carboxylic acids is 1. The van der Waals surface area contributed by atoms with Crippen LogP contribution in [0.2, 0.25) is 0 Å². The Bertz CT molecular complexity index is 429. The van der Waals surface area contributed by atoms with Gasteiger partial charge in [-0.15, -0.1) is 0 Å². The van der Waals surface area contributed by atoms with Crippen molar-refractivity contribution in [3.05, 3.63) is 29.3 Å². The molecule has 0 radical (unpaired) electrons. The minimum absolute atomic E-state index is 0.105. The molecule has 0 saturated heterocycles. The molecule has 0 aliphatic heterocycles. The number of benzene rings is 1. The second-order valence-electron chi connectivity index (χ2n) is 5.42. The minimum atomic E-state index is -0.777. The molecule has 0 aliphatic rings. The third-order valence-corrected chi connectivity index (χ3v) is 3.68. The molecule has 106 valence electrons. The maximum absolute atomic E-state index is 11.6. The van der Waals surface area contributed by atoms with Crippen LogP contribution in [-0.4, -0.2) is 11.1 Å². The van der Waals surface area contributed by atoms with Gasteiger partial charge in [0.05, 0.1) is 5.92 Å². The fourth-order valence-corrected chi connectivity index (χ4v) is 2.53. The highest BCUT2D eigenvalue weighted by Gasteiger charge is 2.27. The molecule has 1 aromatic carbocycles. The average molecular weight is 263 g/mol. The lowest BCUT2D eigenvalue weighted by molar-refractivity contribution is -0.140. The van der Waals surface area contributed by atoms with Crippen molar-refractivity contribution in [2.45, 2.75) is 52.4 Å². The van der Waals surface area contributed by atoms with E-state index >= 15 is 0 Å². The van der Waals surface area contributed by atoms with E-state index in [2.05, 4.69) is 6.92 Å². The summed E-state index contributed by atoms with van der Waals surface area (Å²) in [6.45, 7) is 6.12. The first kappa shape index (κ1) is 15.5. The summed E-state index contributed by atoms with van der Waals surface area (Å²) in [5.74, 6) is -1.17. The van der Waals surface area contributed by atoms with Crippen LogP contribution in [0, 0.1) is 12.8 Å². The Hall–Kier alpha value is -1.51. The van der Waals surface area contributed by atoms with Gasteiger partial charge in [-0.05, 0) is 30.9 Å². The topological polar surface area (TPSA) is 63.3 Å². The largest absolute Gasteiger partial charge is 0.481 e. The van der Waals surface area contributed by atoms with E-state index in [1.165, 1.54) is 0 Å². The Morgan fingerprint density at radius 1 is 1.37 bits per heavy atom. The van der Waals surface area contributed by atoms with Crippen molar-refractivity contribution in [2.75, 3.05) is 5.73 Å². The van der Waals surface area contributed by atoms with E-state index in [0.717, 1.165) is 36.8 Å². The zero-order valence-corrected chi connectivity index (χ0v) is 12.1. The lowest BCUT2D eigenvalue weighted by Crippen LogP contribution is -2.21. The Morgan fingerprint density at radius 3 is 2.63 bits per heavy atom. The molecule has 0 heterocycles. The van der Waals surface area contributed by atoms with E-state index in [-0.39, 0.29) is 5.92 Å². The van der Waals surface area contributed by atoms with Gasteiger partial charge in [0, 0.05) is 5.69 Å². The van der Waals surface area contributed by atoms with Crippen LogP contribution >= 0.6 is 0 Å². The number of anilines is 1. The van der Waals surface area contributed by atoms with Crippen LogP contribution in [0.5, 0.6) is 0 Å². The standard InChI is InChI=1S/C16H25NO2/c1-4-5-6-7-12(3)15(16(18)19)13-10-11(2)8-9-14(13)17/h8-10,12,15H,4-7,17H2,1-3H3,(H,18,19). The molecule has 0 amide bonds. The van der Waals surface area contributed by atoms with Gasteiger partial charge in [-0.2, -0.15) is 0 Å². The monoisotopic (exact) mass is 263 g/mol. The molecule has 1 rings (SSSR count). The van der Waals surface area contributed by atoms with Crippen LogP contribution in [0.15, 0.2) is 18.2 Å². The van der Waals surface area contributed by atoms with Gasteiger partial charge < -0.3 is 10.8 Å². The van der Waals surface area contributed by atoms with Crippen LogP contribution in [0.4, 0.5) is 5.69 Å². The average Bonchev–Trinajstić information content (AvgIpc) is 2.34. The van der Waals surface area contributed by atoms with Gasteiger partial charge in [0.25, 0.3) is 0 Å². The zero-order chi connectivity index (χ0) is 14.4. The van der Waals surface area contributed by atoms with E-state index in [9.17, 15) is 9.90 Å². The number of aliphatic carboxylic acids is 1. The van der Waals surface area contributed by atoms with Crippen molar-refractivity contribution >= 4 is 11.7 Å². The molecule has 3 N–H and O–H groups in total. The van der Waals surface area contributed by atoms with E-state index in [4.69, 9.17) is 5.73 Å². The predicted molar refractivity (Wildman–Crippen MR) is 79.3 cm³/mol. The van der Waals surface area contributed by atoms with Crippen molar-refractivity contribution in [1.82, 2.24) is 0 Å². The van der Waals surface area contributed by atoms with Gasteiger partial charge in [-0.25, -0.2) is 0 Å². The van der Waals surface area contributed by atoms with E-state index in [1.54, 1.807) is 6.07 Å². The molecular formula is C16H25NO2. The highest BCUT2D eigenvalue weighted by atomic mass is 16.4. The van der Waals surface area contributed by atoms with Gasteiger partial charge in [0.1, 0.15) is 0 Å². The van der Waals surface area contributed by atoms with Crippen LogP contribution in [0.1, 0.15) is 56.6 Å². The Morgan fingerprint density at radius 2 is 2.05 bits per heavy atom. The van der Waals surface area contributed by atoms with Crippen LogP contribution in [0.3, 0.4) is 0 Å².